The number of isocyanates is 1. The molecule has 16 heavy (non-hydrogen) atoms. The van der Waals surface area contributed by atoms with Gasteiger partial charge in [-0.15, -0.1) is 0 Å². The summed E-state index contributed by atoms with van der Waals surface area (Å²) in [5.41, 5.74) is 0. The molecule has 0 radical (unpaired) electrons. The van der Waals surface area contributed by atoms with Crippen LogP contribution in [0.15, 0.2) is 4.99 Å². The highest BCUT2D eigenvalue weighted by Crippen LogP contribution is 2.14. The maximum Gasteiger partial charge on any atom is 0.500 e. The van der Waals surface area contributed by atoms with Gasteiger partial charge in [-0.3, -0.25) is 0 Å². The molecule has 0 aliphatic rings. The van der Waals surface area contributed by atoms with Crippen LogP contribution in [-0.4, -0.2) is 54.5 Å². The molecule has 0 spiro atoms. The van der Waals surface area contributed by atoms with Gasteiger partial charge in [0, 0.05) is 34.0 Å². The quantitative estimate of drug-likeness (QED) is 0.310. The van der Waals surface area contributed by atoms with Crippen molar-refractivity contribution in [2.24, 2.45) is 4.99 Å². The standard InChI is InChI=1S/C7H15NO4Si.C2H6O/c1-10-13(11-2,12-3)6-4-5-8-7-9;1-2-3/h4-6H2,1-3H3;3H,2H2,1H3. The Hall–Kier alpha value is -0.563. The average Bonchev–Trinajstić information content (AvgIpc) is 2.32. The Morgan fingerprint density at radius 2 is 1.69 bits per heavy atom. The van der Waals surface area contributed by atoms with Crippen molar-refractivity contribution < 1.29 is 23.2 Å². The molecule has 0 amide bonds. The number of aliphatic hydroxyl groups is 1. The molecule has 0 aliphatic heterocycles. The van der Waals surface area contributed by atoms with E-state index in [2.05, 4.69) is 4.99 Å². The lowest BCUT2D eigenvalue weighted by Gasteiger charge is -2.23. The maximum atomic E-state index is 9.76. The Morgan fingerprint density at radius 3 is 2.00 bits per heavy atom. The van der Waals surface area contributed by atoms with E-state index in [1.165, 1.54) is 6.08 Å². The van der Waals surface area contributed by atoms with Crippen LogP contribution in [0.1, 0.15) is 13.3 Å². The van der Waals surface area contributed by atoms with Gasteiger partial charge in [0.2, 0.25) is 6.08 Å². The molecule has 0 rings (SSSR count). The molecule has 0 saturated carbocycles. The molecule has 0 unspecified atom stereocenters. The minimum Gasteiger partial charge on any atom is -0.397 e. The first kappa shape index (κ1) is 17.8. The highest BCUT2D eigenvalue weighted by molar-refractivity contribution is 6.60. The van der Waals surface area contributed by atoms with E-state index in [1.807, 2.05) is 0 Å². The summed E-state index contributed by atoms with van der Waals surface area (Å²) < 4.78 is 15.5. The molecule has 6 nitrogen and oxygen atoms in total. The van der Waals surface area contributed by atoms with Crippen molar-refractivity contribution in [2.45, 2.75) is 19.4 Å². The Kier molecular flexibility index (Phi) is 13.9. The van der Waals surface area contributed by atoms with Crippen LogP contribution in [-0.2, 0) is 18.1 Å². The average molecular weight is 251 g/mol. The van der Waals surface area contributed by atoms with Gasteiger partial charge in [-0.1, -0.05) is 0 Å². The Labute approximate surface area is 97.6 Å². The van der Waals surface area contributed by atoms with Gasteiger partial charge in [0.25, 0.3) is 0 Å². The monoisotopic (exact) mass is 251 g/mol. The molecular formula is C9H21NO5Si. The second kappa shape index (κ2) is 12.5. The minimum absolute atomic E-state index is 0.250. The second-order valence-electron chi connectivity index (χ2n) is 2.69. The largest absolute Gasteiger partial charge is 0.500 e. The number of nitrogens with zero attached hydrogens (tertiary/aromatic N) is 1. The third-order valence-electron chi connectivity index (χ3n) is 1.75. The van der Waals surface area contributed by atoms with Crippen LogP contribution < -0.4 is 0 Å². The van der Waals surface area contributed by atoms with Gasteiger partial charge in [0.15, 0.2) is 0 Å². The van der Waals surface area contributed by atoms with Crippen molar-refractivity contribution >= 4 is 14.9 Å². The van der Waals surface area contributed by atoms with E-state index >= 15 is 0 Å². The highest BCUT2D eigenvalue weighted by atomic mass is 28.4. The summed E-state index contributed by atoms with van der Waals surface area (Å²) in [6, 6.07) is 0.654. The molecule has 0 fully saturated rings. The van der Waals surface area contributed by atoms with Gasteiger partial charge < -0.3 is 18.4 Å². The number of hydrogen-bond acceptors (Lipinski definition) is 6. The molecule has 96 valence electrons. The summed E-state index contributed by atoms with van der Waals surface area (Å²) in [5, 5.41) is 7.57. The van der Waals surface area contributed by atoms with E-state index in [0.29, 0.717) is 19.0 Å². The van der Waals surface area contributed by atoms with Crippen LogP contribution in [0.4, 0.5) is 0 Å². The van der Waals surface area contributed by atoms with Crippen molar-refractivity contribution in [3.05, 3.63) is 0 Å². The van der Waals surface area contributed by atoms with Crippen molar-refractivity contribution in [2.75, 3.05) is 34.5 Å². The van der Waals surface area contributed by atoms with Crippen molar-refractivity contribution in [3.63, 3.8) is 0 Å². The molecule has 0 heterocycles. The zero-order chi connectivity index (χ0) is 12.9. The third-order valence-corrected chi connectivity index (χ3v) is 4.58. The van der Waals surface area contributed by atoms with Crippen molar-refractivity contribution in [1.82, 2.24) is 0 Å². The predicted octanol–water partition coefficient (Wildman–Crippen LogP) is 0.589. The lowest BCUT2D eigenvalue weighted by molar-refractivity contribution is 0.123. The molecular weight excluding hydrogens is 230 g/mol. The first-order chi connectivity index (χ1) is 7.66. The number of rotatable bonds is 7. The molecule has 0 saturated heterocycles. The number of hydrogen-bond donors (Lipinski definition) is 1. The molecule has 0 aromatic rings. The van der Waals surface area contributed by atoms with E-state index in [9.17, 15) is 4.79 Å². The number of carbonyl (C=O) groups excluding carboxylic acids is 1. The summed E-state index contributed by atoms with van der Waals surface area (Å²) in [4.78, 5) is 13.2. The normalized spacial score (nSPS) is 10.1. The molecule has 0 aromatic carbocycles. The van der Waals surface area contributed by atoms with Gasteiger partial charge in [-0.25, -0.2) is 9.79 Å². The van der Waals surface area contributed by atoms with Crippen LogP contribution in [0.25, 0.3) is 0 Å². The summed E-state index contributed by atoms with van der Waals surface area (Å²) in [7, 11) is 2.22. The number of aliphatic hydroxyl groups excluding tert-OH is 1. The molecule has 0 atom stereocenters. The Bertz CT molecular complexity index is 184. The third kappa shape index (κ3) is 8.72. The van der Waals surface area contributed by atoms with E-state index < -0.39 is 8.80 Å². The molecule has 0 bridgehead atoms. The van der Waals surface area contributed by atoms with Crippen LogP contribution in [0, 0.1) is 0 Å². The fraction of sp³-hybridized carbons (Fsp3) is 0.889. The second-order valence-corrected chi connectivity index (χ2v) is 5.78. The zero-order valence-corrected chi connectivity index (χ0v) is 11.4. The lowest BCUT2D eigenvalue weighted by Crippen LogP contribution is -2.42. The van der Waals surface area contributed by atoms with Crippen LogP contribution in [0.5, 0.6) is 0 Å². The predicted molar refractivity (Wildman–Crippen MR) is 62.0 cm³/mol. The Morgan fingerprint density at radius 1 is 1.25 bits per heavy atom. The first-order valence-corrected chi connectivity index (χ1v) is 6.89. The maximum absolute atomic E-state index is 9.76. The van der Waals surface area contributed by atoms with E-state index in [-0.39, 0.29) is 6.61 Å². The summed E-state index contributed by atoms with van der Waals surface area (Å²) in [6.45, 7) is 2.37. The first-order valence-electron chi connectivity index (χ1n) is 4.96. The fourth-order valence-electron chi connectivity index (χ4n) is 0.976. The molecule has 1 N–H and O–H groups in total. The van der Waals surface area contributed by atoms with E-state index in [4.69, 9.17) is 18.4 Å². The minimum atomic E-state index is -2.46. The lowest BCUT2D eigenvalue weighted by atomic mass is 10.5. The molecule has 7 heteroatoms. The van der Waals surface area contributed by atoms with Crippen LogP contribution in [0.3, 0.4) is 0 Å². The van der Waals surface area contributed by atoms with E-state index in [0.717, 1.165) is 0 Å². The van der Waals surface area contributed by atoms with Gasteiger partial charge in [-0.05, 0) is 13.3 Å². The van der Waals surface area contributed by atoms with Crippen molar-refractivity contribution in [1.29, 1.82) is 0 Å². The number of aliphatic imine (C=N–C) groups is 1. The topological polar surface area (TPSA) is 77.4 Å². The zero-order valence-electron chi connectivity index (χ0n) is 10.4. The summed E-state index contributed by atoms with van der Waals surface area (Å²) in [6.07, 6.45) is 2.18. The smallest absolute Gasteiger partial charge is 0.397 e. The SMILES string of the molecule is CCO.CO[Si](CCCN=C=O)(OC)OC. The molecule has 0 aliphatic carbocycles. The van der Waals surface area contributed by atoms with Gasteiger partial charge in [0.05, 0.1) is 6.54 Å². The highest BCUT2D eigenvalue weighted by Gasteiger charge is 2.36. The van der Waals surface area contributed by atoms with E-state index in [1.54, 1.807) is 28.3 Å². The summed E-state index contributed by atoms with van der Waals surface area (Å²) in [5.74, 6) is 0. The molecule has 0 aromatic heterocycles. The van der Waals surface area contributed by atoms with Gasteiger partial charge >= 0.3 is 8.80 Å². The van der Waals surface area contributed by atoms with Gasteiger partial charge in [0.1, 0.15) is 0 Å². The van der Waals surface area contributed by atoms with Crippen LogP contribution >= 0.6 is 0 Å². The Balaban J connectivity index is 0. The fourth-order valence-corrected chi connectivity index (χ4v) is 2.68. The van der Waals surface area contributed by atoms with Crippen molar-refractivity contribution in [3.8, 4) is 0 Å². The summed E-state index contributed by atoms with van der Waals surface area (Å²) >= 11 is 0. The van der Waals surface area contributed by atoms with Crippen LogP contribution in [0.2, 0.25) is 6.04 Å². The van der Waals surface area contributed by atoms with Gasteiger partial charge in [-0.2, -0.15) is 0 Å².